The number of nitrogens with one attached hydrogen (secondary N) is 3. The molecule has 0 aromatic heterocycles. The Hall–Kier alpha value is -2.77. The van der Waals surface area contributed by atoms with E-state index in [2.05, 4.69) is 16.0 Å². The second kappa shape index (κ2) is 15.1. The molecule has 0 aromatic rings. The van der Waals surface area contributed by atoms with Gasteiger partial charge in [0.25, 0.3) is 0 Å². The van der Waals surface area contributed by atoms with Gasteiger partial charge in [0.1, 0.15) is 18.1 Å². The first-order chi connectivity index (χ1) is 14.9. The summed E-state index contributed by atoms with van der Waals surface area (Å²) in [6.07, 6.45) is 0.999. The molecule has 0 aliphatic heterocycles. The molecule has 4 unspecified atom stereocenters. The van der Waals surface area contributed by atoms with Crippen molar-refractivity contribution in [3.8, 4) is 0 Å². The number of carboxylic acids is 1. The first-order valence-corrected chi connectivity index (χ1v) is 10.4. The highest BCUT2D eigenvalue weighted by atomic mass is 16.4. The topological polar surface area (TPSA) is 240 Å². The smallest absolute Gasteiger partial charge is 0.326 e. The number of unbranched alkanes of at least 4 members (excludes halogenated alkanes) is 1. The van der Waals surface area contributed by atoms with Crippen LogP contribution in [0.5, 0.6) is 0 Å². The number of carbonyl (C=O) groups excluding carboxylic acids is 4. The third kappa shape index (κ3) is 11.6. The van der Waals surface area contributed by atoms with E-state index in [4.69, 9.17) is 17.2 Å². The van der Waals surface area contributed by atoms with E-state index in [0.717, 1.165) is 0 Å². The summed E-state index contributed by atoms with van der Waals surface area (Å²) in [5, 5.41) is 25.9. The number of carboxylic acid groups (broad SMARTS) is 1. The van der Waals surface area contributed by atoms with Gasteiger partial charge < -0.3 is 43.4 Å². The van der Waals surface area contributed by atoms with Gasteiger partial charge in [-0.05, 0) is 38.1 Å². The number of aliphatic hydroxyl groups is 1. The molecule has 0 rings (SSSR count). The molecule has 32 heavy (non-hydrogen) atoms. The van der Waals surface area contributed by atoms with E-state index in [-0.39, 0.29) is 18.8 Å². The van der Waals surface area contributed by atoms with Gasteiger partial charge in [-0.2, -0.15) is 0 Å². The zero-order chi connectivity index (χ0) is 24.8. The van der Waals surface area contributed by atoms with Gasteiger partial charge in [0.2, 0.25) is 23.6 Å². The lowest BCUT2D eigenvalue weighted by Gasteiger charge is -2.25. The lowest BCUT2D eigenvalue weighted by atomic mass is 10.0. The number of carbonyl (C=O) groups is 5. The van der Waals surface area contributed by atoms with Crippen LogP contribution >= 0.6 is 0 Å². The van der Waals surface area contributed by atoms with Crippen LogP contribution in [-0.4, -0.2) is 77.1 Å². The maximum Gasteiger partial charge on any atom is 0.326 e. The molecule has 0 saturated heterocycles. The molecule has 13 heteroatoms. The van der Waals surface area contributed by atoms with Crippen molar-refractivity contribution in [3.05, 3.63) is 0 Å². The zero-order valence-corrected chi connectivity index (χ0v) is 18.5. The first-order valence-electron chi connectivity index (χ1n) is 10.4. The Bertz CT molecular complexity index is 658. The first kappa shape index (κ1) is 29.2. The number of hydrogen-bond donors (Lipinski definition) is 8. The predicted molar refractivity (Wildman–Crippen MR) is 115 cm³/mol. The summed E-state index contributed by atoms with van der Waals surface area (Å²) in [6.45, 7) is 3.20. The van der Waals surface area contributed by atoms with E-state index in [9.17, 15) is 34.2 Å². The highest BCUT2D eigenvalue weighted by Gasteiger charge is 2.30. The number of primary amides is 1. The summed E-state index contributed by atoms with van der Waals surface area (Å²) < 4.78 is 0. The van der Waals surface area contributed by atoms with E-state index in [1.807, 2.05) is 0 Å². The standard InChI is InChI=1S/C19H36N6O7/c1-10(2)7-13(17(29)23-12(19(31)32)5-3-4-6-20)24-18(30)14(9-26)25-16(28)11(21)8-15(22)27/h10-14,26H,3-9,20-21H2,1-2H3,(H2,22,27)(H,23,29)(H,24,30)(H,25,28)(H,31,32). The molecule has 4 atom stereocenters. The van der Waals surface area contributed by atoms with Crippen molar-refractivity contribution in [3.63, 3.8) is 0 Å². The third-order valence-corrected chi connectivity index (χ3v) is 4.48. The number of rotatable bonds is 16. The molecule has 184 valence electrons. The minimum absolute atomic E-state index is 0.0438. The Kier molecular flexibility index (Phi) is 13.8. The minimum Gasteiger partial charge on any atom is -0.480 e. The van der Waals surface area contributed by atoms with Gasteiger partial charge in [-0.25, -0.2) is 4.79 Å². The Labute approximate surface area is 186 Å². The quantitative estimate of drug-likeness (QED) is 0.109. The van der Waals surface area contributed by atoms with Crippen LogP contribution in [0.25, 0.3) is 0 Å². The van der Waals surface area contributed by atoms with E-state index in [0.29, 0.717) is 19.4 Å². The zero-order valence-electron chi connectivity index (χ0n) is 18.5. The number of hydrogen-bond acceptors (Lipinski definition) is 8. The van der Waals surface area contributed by atoms with Crippen molar-refractivity contribution in [2.75, 3.05) is 13.2 Å². The number of amides is 4. The van der Waals surface area contributed by atoms with Gasteiger partial charge in [-0.3, -0.25) is 19.2 Å². The van der Waals surface area contributed by atoms with Crippen LogP contribution in [0.1, 0.15) is 46.0 Å². The molecule has 4 amide bonds. The fourth-order valence-electron chi connectivity index (χ4n) is 2.78. The van der Waals surface area contributed by atoms with E-state index in [1.54, 1.807) is 13.8 Å². The van der Waals surface area contributed by atoms with Crippen LogP contribution < -0.4 is 33.2 Å². The molecule has 13 nitrogen and oxygen atoms in total. The van der Waals surface area contributed by atoms with Crippen LogP contribution in [-0.2, 0) is 24.0 Å². The Balaban J connectivity index is 5.22. The van der Waals surface area contributed by atoms with Crippen LogP contribution in [0.4, 0.5) is 0 Å². The fourth-order valence-corrected chi connectivity index (χ4v) is 2.78. The Morgan fingerprint density at radius 1 is 0.875 bits per heavy atom. The normalized spacial score (nSPS) is 14.7. The highest BCUT2D eigenvalue weighted by Crippen LogP contribution is 2.08. The van der Waals surface area contributed by atoms with Crippen LogP contribution in [0.15, 0.2) is 0 Å². The largest absolute Gasteiger partial charge is 0.480 e. The van der Waals surface area contributed by atoms with Crippen molar-refractivity contribution in [2.24, 2.45) is 23.1 Å². The summed E-state index contributed by atoms with van der Waals surface area (Å²) in [7, 11) is 0. The molecule has 11 N–H and O–H groups in total. The monoisotopic (exact) mass is 460 g/mol. The SMILES string of the molecule is CC(C)CC(NC(=O)C(CO)NC(=O)C(N)CC(N)=O)C(=O)NC(CCCCN)C(=O)O. The van der Waals surface area contributed by atoms with Gasteiger partial charge in [-0.1, -0.05) is 13.8 Å². The summed E-state index contributed by atoms with van der Waals surface area (Å²) >= 11 is 0. The average Bonchev–Trinajstić information content (AvgIpc) is 2.69. The molecule has 0 spiro atoms. The second-order valence-electron chi connectivity index (χ2n) is 7.90. The van der Waals surface area contributed by atoms with Crippen molar-refractivity contribution in [1.29, 1.82) is 0 Å². The van der Waals surface area contributed by atoms with Crippen molar-refractivity contribution < 1.29 is 34.2 Å². The summed E-state index contributed by atoms with van der Waals surface area (Å²) in [5.41, 5.74) is 15.9. The van der Waals surface area contributed by atoms with Crippen LogP contribution in [0, 0.1) is 5.92 Å². The van der Waals surface area contributed by atoms with Gasteiger partial charge in [0.15, 0.2) is 0 Å². The molecular weight excluding hydrogens is 424 g/mol. The summed E-state index contributed by atoms with van der Waals surface area (Å²) in [5.74, 6) is -4.53. The highest BCUT2D eigenvalue weighted by molar-refractivity contribution is 5.95. The lowest BCUT2D eigenvalue weighted by Crippen LogP contribution is -2.58. The second-order valence-corrected chi connectivity index (χ2v) is 7.90. The molecule has 0 aromatic carbocycles. The van der Waals surface area contributed by atoms with E-state index < -0.39 is 66.8 Å². The summed E-state index contributed by atoms with van der Waals surface area (Å²) in [6, 6.07) is -5.01. The molecule has 0 aliphatic rings. The Morgan fingerprint density at radius 2 is 1.41 bits per heavy atom. The van der Waals surface area contributed by atoms with Crippen LogP contribution in [0.3, 0.4) is 0 Å². The lowest BCUT2D eigenvalue weighted by molar-refractivity contribution is -0.142. The van der Waals surface area contributed by atoms with Crippen molar-refractivity contribution in [2.45, 2.75) is 70.1 Å². The van der Waals surface area contributed by atoms with Crippen molar-refractivity contribution >= 4 is 29.6 Å². The fraction of sp³-hybridized carbons (Fsp3) is 0.737. The number of aliphatic carboxylic acids is 1. The van der Waals surface area contributed by atoms with Gasteiger partial charge >= 0.3 is 5.97 Å². The maximum atomic E-state index is 12.7. The van der Waals surface area contributed by atoms with Gasteiger partial charge in [0, 0.05) is 0 Å². The average molecular weight is 461 g/mol. The maximum absolute atomic E-state index is 12.7. The molecule has 0 aliphatic carbocycles. The molecular formula is C19H36N6O7. The third-order valence-electron chi connectivity index (χ3n) is 4.48. The van der Waals surface area contributed by atoms with Crippen molar-refractivity contribution in [1.82, 2.24) is 16.0 Å². The molecule has 0 bridgehead atoms. The number of aliphatic hydroxyl groups excluding tert-OH is 1. The molecule has 0 radical (unpaired) electrons. The number of nitrogens with two attached hydrogens (primary N) is 3. The summed E-state index contributed by atoms with van der Waals surface area (Å²) in [4.78, 5) is 59.6. The molecule has 0 heterocycles. The van der Waals surface area contributed by atoms with Gasteiger partial charge in [-0.15, -0.1) is 0 Å². The van der Waals surface area contributed by atoms with E-state index in [1.165, 1.54) is 0 Å². The molecule has 0 fully saturated rings. The van der Waals surface area contributed by atoms with Crippen LogP contribution in [0.2, 0.25) is 0 Å². The van der Waals surface area contributed by atoms with E-state index >= 15 is 0 Å². The minimum atomic E-state index is -1.44. The van der Waals surface area contributed by atoms with Gasteiger partial charge in [0.05, 0.1) is 19.1 Å². The predicted octanol–water partition coefficient (Wildman–Crippen LogP) is -3.10. The Morgan fingerprint density at radius 3 is 1.88 bits per heavy atom. The molecule has 0 saturated carbocycles.